The maximum absolute atomic E-state index is 11.6. The average Bonchev–Trinajstić information content (AvgIpc) is 2.38. The molecule has 0 aliphatic rings. The van der Waals surface area contributed by atoms with Gasteiger partial charge in [0.25, 0.3) is 0 Å². The van der Waals surface area contributed by atoms with Crippen LogP contribution in [0.1, 0.15) is 16.1 Å². The van der Waals surface area contributed by atoms with Gasteiger partial charge in [-0.15, -0.1) is 0 Å². The number of nitrogens with zero attached hydrogens (tertiary/aromatic N) is 1. The second-order valence-corrected chi connectivity index (χ2v) is 3.26. The normalized spacial score (nSPS) is 9.75. The SMILES string of the molecule is O=C(OCc1ccccn1)c1ccccc1. The molecule has 2 aromatic rings. The molecule has 0 unspecified atom stereocenters. The number of carbonyl (C=O) groups excluding carboxylic acids is 1. The van der Waals surface area contributed by atoms with E-state index in [-0.39, 0.29) is 12.6 Å². The maximum Gasteiger partial charge on any atom is 0.338 e. The minimum atomic E-state index is -0.328. The van der Waals surface area contributed by atoms with Crippen molar-refractivity contribution in [3.8, 4) is 0 Å². The molecule has 0 radical (unpaired) electrons. The van der Waals surface area contributed by atoms with Gasteiger partial charge in [0.1, 0.15) is 6.61 Å². The van der Waals surface area contributed by atoms with Crippen molar-refractivity contribution in [2.24, 2.45) is 0 Å². The van der Waals surface area contributed by atoms with Crippen LogP contribution in [-0.2, 0) is 11.3 Å². The summed E-state index contributed by atoms with van der Waals surface area (Å²) in [6, 6.07) is 14.4. The van der Waals surface area contributed by atoms with Crippen molar-refractivity contribution in [1.82, 2.24) is 4.98 Å². The largest absolute Gasteiger partial charge is 0.456 e. The monoisotopic (exact) mass is 213 g/mol. The van der Waals surface area contributed by atoms with E-state index >= 15 is 0 Å². The average molecular weight is 213 g/mol. The van der Waals surface area contributed by atoms with Crippen LogP contribution in [0.5, 0.6) is 0 Å². The summed E-state index contributed by atoms with van der Waals surface area (Å²) >= 11 is 0. The summed E-state index contributed by atoms with van der Waals surface area (Å²) in [5, 5.41) is 0. The quantitative estimate of drug-likeness (QED) is 0.735. The van der Waals surface area contributed by atoms with Crippen molar-refractivity contribution >= 4 is 5.97 Å². The minimum Gasteiger partial charge on any atom is -0.456 e. The molecule has 0 aliphatic carbocycles. The highest BCUT2D eigenvalue weighted by Gasteiger charge is 2.05. The van der Waals surface area contributed by atoms with Crippen LogP contribution in [0.15, 0.2) is 54.7 Å². The van der Waals surface area contributed by atoms with E-state index in [1.165, 1.54) is 0 Å². The maximum atomic E-state index is 11.6. The lowest BCUT2D eigenvalue weighted by molar-refractivity contribution is 0.0468. The number of hydrogen-bond donors (Lipinski definition) is 0. The molecule has 2 rings (SSSR count). The molecule has 3 heteroatoms. The van der Waals surface area contributed by atoms with Crippen LogP contribution in [0.3, 0.4) is 0 Å². The lowest BCUT2D eigenvalue weighted by Crippen LogP contribution is -2.05. The van der Waals surface area contributed by atoms with Crippen molar-refractivity contribution < 1.29 is 9.53 Å². The van der Waals surface area contributed by atoms with Crippen LogP contribution in [0.25, 0.3) is 0 Å². The number of pyridine rings is 1. The van der Waals surface area contributed by atoms with Crippen LogP contribution in [0.4, 0.5) is 0 Å². The predicted octanol–water partition coefficient (Wildman–Crippen LogP) is 2.44. The zero-order chi connectivity index (χ0) is 11.2. The van der Waals surface area contributed by atoms with E-state index in [2.05, 4.69) is 4.98 Å². The van der Waals surface area contributed by atoms with Gasteiger partial charge in [-0.05, 0) is 24.3 Å². The molecule has 80 valence electrons. The van der Waals surface area contributed by atoms with E-state index in [1.54, 1.807) is 30.5 Å². The highest BCUT2D eigenvalue weighted by atomic mass is 16.5. The molecule has 0 bridgehead atoms. The molecule has 0 saturated carbocycles. The Bertz CT molecular complexity index is 454. The van der Waals surface area contributed by atoms with Crippen molar-refractivity contribution in [2.75, 3.05) is 0 Å². The lowest BCUT2D eigenvalue weighted by Gasteiger charge is -2.03. The molecule has 0 aliphatic heterocycles. The third-order valence-corrected chi connectivity index (χ3v) is 2.09. The van der Waals surface area contributed by atoms with Gasteiger partial charge in [-0.3, -0.25) is 4.98 Å². The first-order valence-electron chi connectivity index (χ1n) is 4.98. The van der Waals surface area contributed by atoms with Gasteiger partial charge in [0.05, 0.1) is 11.3 Å². The molecule has 0 saturated heterocycles. The fourth-order valence-electron chi connectivity index (χ4n) is 1.28. The van der Waals surface area contributed by atoms with E-state index in [0.29, 0.717) is 5.56 Å². The number of ether oxygens (including phenoxy) is 1. The molecule has 0 amide bonds. The first-order chi connectivity index (χ1) is 7.86. The van der Waals surface area contributed by atoms with E-state index in [1.807, 2.05) is 24.3 Å². The van der Waals surface area contributed by atoms with Crippen LogP contribution >= 0.6 is 0 Å². The summed E-state index contributed by atoms with van der Waals surface area (Å²) in [4.78, 5) is 15.6. The lowest BCUT2D eigenvalue weighted by atomic mass is 10.2. The molecular formula is C13H11NO2. The molecular weight excluding hydrogens is 202 g/mol. The van der Waals surface area contributed by atoms with Gasteiger partial charge in [-0.25, -0.2) is 4.79 Å². The Morgan fingerprint density at radius 2 is 1.81 bits per heavy atom. The topological polar surface area (TPSA) is 39.2 Å². The van der Waals surface area contributed by atoms with Crippen LogP contribution in [0.2, 0.25) is 0 Å². The fraction of sp³-hybridized carbons (Fsp3) is 0.0769. The zero-order valence-corrected chi connectivity index (χ0v) is 8.67. The van der Waals surface area contributed by atoms with Crippen LogP contribution in [-0.4, -0.2) is 11.0 Å². The molecule has 0 spiro atoms. The number of aromatic nitrogens is 1. The van der Waals surface area contributed by atoms with Gasteiger partial charge in [0.2, 0.25) is 0 Å². The summed E-state index contributed by atoms with van der Waals surface area (Å²) in [5.74, 6) is -0.328. The number of esters is 1. The molecule has 3 nitrogen and oxygen atoms in total. The van der Waals surface area contributed by atoms with Crippen molar-refractivity contribution in [2.45, 2.75) is 6.61 Å². The Balaban J connectivity index is 1.95. The highest BCUT2D eigenvalue weighted by molar-refractivity contribution is 5.89. The zero-order valence-electron chi connectivity index (χ0n) is 8.67. The van der Waals surface area contributed by atoms with E-state index in [0.717, 1.165) is 5.69 Å². The predicted molar refractivity (Wildman–Crippen MR) is 59.8 cm³/mol. The number of carbonyl (C=O) groups is 1. The first-order valence-corrected chi connectivity index (χ1v) is 4.98. The minimum absolute atomic E-state index is 0.203. The molecule has 0 fully saturated rings. The smallest absolute Gasteiger partial charge is 0.338 e. The molecule has 1 aromatic carbocycles. The Morgan fingerprint density at radius 1 is 1.06 bits per heavy atom. The summed E-state index contributed by atoms with van der Waals surface area (Å²) in [6.45, 7) is 0.203. The number of benzene rings is 1. The van der Waals surface area contributed by atoms with Crippen molar-refractivity contribution in [3.63, 3.8) is 0 Å². The van der Waals surface area contributed by atoms with E-state index in [4.69, 9.17) is 4.74 Å². The second kappa shape index (κ2) is 5.07. The van der Waals surface area contributed by atoms with Crippen LogP contribution < -0.4 is 0 Å². The highest BCUT2D eigenvalue weighted by Crippen LogP contribution is 2.03. The molecule has 16 heavy (non-hydrogen) atoms. The first kappa shape index (κ1) is 10.4. The van der Waals surface area contributed by atoms with E-state index < -0.39 is 0 Å². The summed E-state index contributed by atoms with van der Waals surface area (Å²) in [6.07, 6.45) is 1.67. The van der Waals surface area contributed by atoms with Gasteiger partial charge in [-0.2, -0.15) is 0 Å². The Labute approximate surface area is 93.7 Å². The van der Waals surface area contributed by atoms with Gasteiger partial charge >= 0.3 is 5.97 Å². The number of hydrogen-bond acceptors (Lipinski definition) is 3. The van der Waals surface area contributed by atoms with Crippen LogP contribution in [0, 0.1) is 0 Å². The molecule has 1 heterocycles. The Hall–Kier alpha value is -2.16. The van der Waals surface area contributed by atoms with Crippen molar-refractivity contribution in [1.29, 1.82) is 0 Å². The summed E-state index contributed by atoms with van der Waals surface area (Å²) < 4.78 is 5.11. The Morgan fingerprint density at radius 3 is 2.50 bits per heavy atom. The molecule has 1 aromatic heterocycles. The van der Waals surface area contributed by atoms with E-state index in [9.17, 15) is 4.79 Å². The third-order valence-electron chi connectivity index (χ3n) is 2.09. The van der Waals surface area contributed by atoms with Crippen molar-refractivity contribution in [3.05, 3.63) is 66.0 Å². The Kier molecular flexibility index (Phi) is 3.28. The molecule has 0 N–H and O–H groups in total. The fourth-order valence-corrected chi connectivity index (χ4v) is 1.28. The van der Waals surface area contributed by atoms with Gasteiger partial charge < -0.3 is 4.74 Å². The second-order valence-electron chi connectivity index (χ2n) is 3.26. The third kappa shape index (κ3) is 2.67. The summed E-state index contributed by atoms with van der Waals surface area (Å²) in [7, 11) is 0. The molecule has 0 atom stereocenters. The summed E-state index contributed by atoms with van der Waals surface area (Å²) in [5.41, 5.74) is 1.30. The van der Waals surface area contributed by atoms with Gasteiger partial charge in [0, 0.05) is 6.20 Å². The number of rotatable bonds is 3. The van der Waals surface area contributed by atoms with Gasteiger partial charge in [0.15, 0.2) is 0 Å². The van der Waals surface area contributed by atoms with Gasteiger partial charge in [-0.1, -0.05) is 24.3 Å². The standard InChI is InChI=1S/C13H11NO2/c15-13(11-6-2-1-3-7-11)16-10-12-8-4-5-9-14-12/h1-9H,10H2.